The van der Waals surface area contributed by atoms with Gasteiger partial charge in [0.15, 0.2) is 0 Å². The van der Waals surface area contributed by atoms with Gasteiger partial charge in [-0.3, -0.25) is 0 Å². The van der Waals surface area contributed by atoms with Gasteiger partial charge in [-0.2, -0.15) is 0 Å². The first-order valence-electron chi connectivity index (χ1n) is 7.56. The lowest BCUT2D eigenvalue weighted by molar-refractivity contribution is 0.0819. The van der Waals surface area contributed by atoms with Crippen molar-refractivity contribution in [3.05, 3.63) is 24.3 Å². The molecule has 0 aromatic heterocycles. The first-order valence-corrected chi connectivity index (χ1v) is 9.04. The second kappa shape index (κ2) is 8.03. The highest BCUT2D eigenvalue weighted by Gasteiger charge is 2.20. The topological polar surface area (TPSA) is 58.6 Å². The van der Waals surface area contributed by atoms with Crippen molar-refractivity contribution in [1.29, 1.82) is 0 Å². The minimum Gasteiger partial charge on any atom is -0.488 e. The number of ether oxygens (including phenoxy) is 1. The van der Waals surface area contributed by atoms with Crippen molar-refractivity contribution in [3.8, 4) is 5.75 Å². The van der Waals surface area contributed by atoms with E-state index in [-0.39, 0.29) is 10.6 Å². The SMILES string of the molecule is CN1CCC[C@H](CNS(=O)(=O)c2ccc(OCC(F)F)cc2)C1. The summed E-state index contributed by atoms with van der Waals surface area (Å²) in [6, 6.07) is 5.48. The van der Waals surface area contributed by atoms with Crippen molar-refractivity contribution in [1.82, 2.24) is 9.62 Å². The molecule has 8 heteroatoms. The molecule has 0 saturated carbocycles. The van der Waals surface area contributed by atoms with Crippen LogP contribution in [0.3, 0.4) is 0 Å². The zero-order chi connectivity index (χ0) is 16.9. The number of sulfonamides is 1. The normalized spacial score (nSPS) is 19.9. The predicted octanol–water partition coefficient (Wildman–Crippen LogP) is 1.95. The second-order valence-corrected chi connectivity index (χ2v) is 7.56. The van der Waals surface area contributed by atoms with Crippen LogP contribution in [0.4, 0.5) is 8.78 Å². The molecule has 0 radical (unpaired) electrons. The van der Waals surface area contributed by atoms with E-state index in [4.69, 9.17) is 4.74 Å². The Morgan fingerprint density at radius 1 is 1.35 bits per heavy atom. The summed E-state index contributed by atoms with van der Waals surface area (Å²) in [4.78, 5) is 2.29. The van der Waals surface area contributed by atoms with Crippen LogP contribution >= 0.6 is 0 Å². The van der Waals surface area contributed by atoms with Gasteiger partial charge in [0.2, 0.25) is 10.0 Å². The summed E-state index contributed by atoms with van der Waals surface area (Å²) in [6.07, 6.45) is -0.486. The highest BCUT2D eigenvalue weighted by Crippen LogP contribution is 2.18. The van der Waals surface area contributed by atoms with Gasteiger partial charge in [0.25, 0.3) is 6.43 Å². The lowest BCUT2D eigenvalue weighted by atomic mass is 9.99. The Bertz CT molecular complexity index is 593. The van der Waals surface area contributed by atoms with E-state index in [1.807, 2.05) is 7.05 Å². The molecule has 1 atom stereocenters. The highest BCUT2D eigenvalue weighted by atomic mass is 32.2. The maximum atomic E-state index is 12.2. The molecule has 1 aromatic carbocycles. The fraction of sp³-hybridized carbons (Fsp3) is 0.600. The molecule has 1 heterocycles. The van der Waals surface area contributed by atoms with E-state index in [0.717, 1.165) is 25.9 Å². The summed E-state index contributed by atoms with van der Waals surface area (Å²) in [5, 5.41) is 0. The number of hydrogen-bond donors (Lipinski definition) is 1. The van der Waals surface area contributed by atoms with Crippen molar-refractivity contribution >= 4 is 10.0 Å². The van der Waals surface area contributed by atoms with Crippen molar-refractivity contribution in [3.63, 3.8) is 0 Å². The summed E-state index contributed by atoms with van der Waals surface area (Å²) in [7, 11) is -1.57. The molecule has 0 bridgehead atoms. The van der Waals surface area contributed by atoms with Crippen molar-refractivity contribution in [2.75, 3.05) is 33.3 Å². The number of benzene rings is 1. The van der Waals surface area contributed by atoms with E-state index in [1.54, 1.807) is 0 Å². The van der Waals surface area contributed by atoms with Crippen LogP contribution < -0.4 is 9.46 Å². The summed E-state index contributed by atoms with van der Waals surface area (Å²) < 4.78 is 56.1. The maximum absolute atomic E-state index is 12.2. The summed E-state index contributed by atoms with van der Waals surface area (Å²) >= 11 is 0. The van der Waals surface area contributed by atoms with Crippen molar-refractivity contribution in [2.45, 2.75) is 24.2 Å². The first-order chi connectivity index (χ1) is 10.9. The minimum atomic E-state index is -3.60. The van der Waals surface area contributed by atoms with Crippen LogP contribution in [0.1, 0.15) is 12.8 Å². The van der Waals surface area contributed by atoms with Crippen LogP contribution in [0, 0.1) is 5.92 Å². The van der Waals surface area contributed by atoms with E-state index >= 15 is 0 Å². The van der Waals surface area contributed by atoms with Gasteiger partial charge in [0.05, 0.1) is 4.90 Å². The van der Waals surface area contributed by atoms with Crippen LogP contribution in [0.15, 0.2) is 29.2 Å². The molecule has 23 heavy (non-hydrogen) atoms. The molecule has 1 saturated heterocycles. The van der Waals surface area contributed by atoms with Gasteiger partial charge >= 0.3 is 0 Å². The molecular formula is C15H22F2N2O3S. The van der Waals surface area contributed by atoms with E-state index in [1.165, 1.54) is 24.3 Å². The van der Waals surface area contributed by atoms with E-state index in [2.05, 4.69) is 9.62 Å². The van der Waals surface area contributed by atoms with Gasteiger partial charge in [-0.15, -0.1) is 0 Å². The number of likely N-dealkylation sites (tertiary alicyclic amines) is 1. The fourth-order valence-corrected chi connectivity index (χ4v) is 3.74. The van der Waals surface area contributed by atoms with Gasteiger partial charge in [0.1, 0.15) is 12.4 Å². The summed E-state index contributed by atoms with van der Waals surface area (Å²) in [5.74, 6) is 0.523. The molecule has 1 N–H and O–H groups in total. The molecule has 5 nitrogen and oxygen atoms in total. The Labute approximate surface area is 135 Å². The molecule has 1 aliphatic rings. The average Bonchev–Trinajstić information content (AvgIpc) is 2.52. The van der Waals surface area contributed by atoms with Crippen LogP contribution in [0.25, 0.3) is 0 Å². The van der Waals surface area contributed by atoms with Gasteiger partial charge in [-0.05, 0) is 56.6 Å². The number of piperidine rings is 1. The Kier molecular flexibility index (Phi) is 6.32. The number of hydrogen-bond acceptors (Lipinski definition) is 4. The zero-order valence-corrected chi connectivity index (χ0v) is 13.9. The van der Waals surface area contributed by atoms with E-state index in [0.29, 0.717) is 12.5 Å². The van der Waals surface area contributed by atoms with E-state index in [9.17, 15) is 17.2 Å². The standard InChI is InChI=1S/C15H22F2N2O3S/c1-19-8-2-3-12(10-19)9-18-23(20,21)14-6-4-13(5-7-14)22-11-15(16)17/h4-7,12,15,18H,2-3,8-11H2,1H3/t12-/m1/s1. The maximum Gasteiger partial charge on any atom is 0.272 e. The summed E-state index contributed by atoms with van der Waals surface area (Å²) in [6.45, 7) is 1.61. The van der Waals surface area contributed by atoms with Crippen molar-refractivity contribution in [2.24, 2.45) is 5.92 Å². The van der Waals surface area contributed by atoms with Crippen LogP contribution in [0.5, 0.6) is 5.75 Å². The molecule has 130 valence electrons. The molecule has 1 fully saturated rings. The van der Waals surface area contributed by atoms with Gasteiger partial charge in [0, 0.05) is 13.1 Å². The largest absolute Gasteiger partial charge is 0.488 e. The molecular weight excluding hydrogens is 326 g/mol. The van der Waals surface area contributed by atoms with E-state index < -0.39 is 23.1 Å². The third-order valence-corrected chi connectivity index (χ3v) is 5.23. The minimum absolute atomic E-state index is 0.103. The number of alkyl halides is 2. The number of rotatable bonds is 7. The third-order valence-electron chi connectivity index (χ3n) is 3.79. The molecule has 0 unspecified atom stereocenters. The number of nitrogens with one attached hydrogen (secondary N) is 1. The Hall–Kier alpha value is -1.25. The highest BCUT2D eigenvalue weighted by molar-refractivity contribution is 7.89. The molecule has 0 spiro atoms. The zero-order valence-electron chi connectivity index (χ0n) is 13.0. The van der Waals surface area contributed by atoms with Crippen LogP contribution in [0.2, 0.25) is 0 Å². The smallest absolute Gasteiger partial charge is 0.272 e. The van der Waals surface area contributed by atoms with Gasteiger partial charge < -0.3 is 9.64 Å². The first kappa shape index (κ1) is 18.1. The Morgan fingerprint density at radius 3 is 2.65 bits per heavy atom. The Morgan fingerprint density at radius 2 is 2.04 bits per heavy atom. The Balaban J connectivity index is 1.91. The average molecular weight is 348 g/mol. The number of nitrogens with zero attached hydrogens (tertiary/aromatic N) is 1. The molecule has 1 aromatic rings. The van der Waals surface area contributed by atoms with Gasteiger partial charge in [-0.1, -0.05) is 0 Å². The van der Waals surface area contributed by atoms with Gasteiger partial charge in [-0.25, -0.2) is 21.9 Å². The third kappa shape index (κ3) is 5.71. The molecule has 2 rings (SSSR count). The number of halogens is 2. The monoisotopic (exact) mass is 348 g/mol. The fourth-order valence-electron chi connectivity index (χ4n) is 2.62. The lowest BCUT2D eigenvalue weighted by Crippen LogP contribution is -2.39. The van der Waals surface area contributed by atoms with Crippen LogP contribution in [-0.2, 0) is 10.0 Å². The molecule has 0 amide bonds. The summed E-state index contributed by atoms with van der Waals surface area (Å²) in [5.41, 5.74) is 0. The van der Waals surface area contributed by atoms with Crippen LogP contribution in [-0.4, -0.2) is 53.0 Å². The molecule has 1 aliphatic heterocycles. The van der Waals surface area contributed by atoms with Crippen molar-refractivity contribution < 1.29 is 21.9 Å². The quantitative estimate of drug-likeness (QED) is 0.818. The predicted molar refractivity (Wildman–Crippen MR) is 83.4 cm³/mol. The lowest BCUT2D eigenvalue weighted by Gasteiger charge is -2.29. The second-order valence-electron chi connectivity index (χ2n) is 5.80. The molecule has 0 aliphatic carbocycles.